The molecule has 6 nitrogen and oxygen atoms in total. The molecule has 2 heterocycles. The molecular weight excluding hydrogens is 316 g/mol. The molecule has 1 atom stereocenters. The van der Waals surface area contributed by atoms with Crippen LogP contribution in [0.15, 0.2) is 51.0 Å². The van der Waals surface area contributed by atoms with E-state index < -0.39 is 11.9 Å². The zero-order chi connectivity index (χ0) is 16.2. The fraction of sp³-hybridized carbons (Fsp3) is 0.250. The number of rotatable bonds is 6. The highest BCUT2D eigenvalue weighted by molar-refractivity contribution is 7.13. The number of hydrogen-bond donors (Lipinski definition) is 1. The second-order valence-corrected chi connectivity index (χ2v) is 6.01. The van der Waals surface area contributed by atoms with Crippen LogP contribution in [0.2, 0.25) is 0 Å². The van der Waals surface area contributed by atoms with Crippen LogP contribution < -0.4 is 10.5 Å². The van der Waals surface area contributed by atoms with Gasteiger partial charge in [0.15, 0.2) is 0 Å². The second kappa shape index (κ2) is 6.80. The van der Waals surface area contributed by atoms with Gasteiger partial charge in [-0.05, 0) is 30.0 Å². The van der Waals surface area contributed by atoms with Crippen LogP contribution in [0.25, 0.3) is 10.8 Å². The normalized spacial score (nSPS) is 12.3. The van der Waals surface area contributed by atoms with Gasteiger partial charge in [-0.1, -0.05) is 24.3 Å². The van der Waals surface area contributed by atoms with Crippen molar-refractivity contribution in [3.8, 4) is 16.5 Å². The molecule has 0 spiro atoms. The molecule has 2 aromatic heterocycles. The predicted molar refractivity (Wildman–Crippen MR) is 86.8 cm³/mol. The van der Waals surface area contributed by atoms with Crippen molar-refractivity contribution in [1.29, 1.82) is 0 Å². The first-order valence-corrected chi connectivity index (χ1v) is 8.00. The Kier molecular flexibility index (Phi) is 4.59. The van der Waals surface area contributed by atoms with Gasteiger partial charge in [-0.2, -0.15) is 4.68 Å². The summed E-state index contributed by atoms with van der Waals surface area (Å²) >= 11 is 1.43. The summed E-state index contributed by atoms with van der Waals surface area (Å²) in [5, 5.41) is 16.0. The summed E-state index contributed by atoms with van der Waals surface area (Å²) in [7, 11) is 0. The lowest BCUT2D eigenvalue weighted by atomic mass is 10.2. The molecule has 3 aromatic rings. The number of benzene rings is 1. The zero-order valence-electron chi connectivity index (χ0n) is 12.5. The van der Waals surface area contributed by atoms with Crippen molar-refractivity contribution in [1.82, 2.24) is 9.78 Å². The monoisotopic (exact) mass is 332 g/mol. The van der Waals surface area contributed by atoms with E-state index >= 15 is 0 Å². The van der Waals surface area contributed by atoms with Gasteiger partial charge in [-0.25, -0.2) is 4.79 Å². The van der Waals surface area contributed by atoms with Crippen LogP contribution in [0.1, 0.15) is 5.56 Å². The Morgan fingerprint density at radius 2 is 2.17 bits per heavy atom. The Morgan fingerprint density at radius 3 is 2.91 bits per heavy atom. The smallest absolute Gasteiger partial charge is 0.437 e. The van der Waals surface area contributed by atoms with Gasteiger partial charge in [-0.15, -0.1) is 16.4 Å². The van der Waals surface area contributed by atoms with Crippen LogP contribution in [0, 0.1) is 6.92 Å². The number of thiophene rings is 1. The maximum Gasteiger partial charge on any atom is 0.437 e. The van der Waals surface area contributed by atoms with Gasteiger partial charge < -0.3 is 14.3 Å². The molecule has 1 unspecified atom stereocenters. The molecule has 1 aromatic carbocycles. The van der Waals surface area contributed by atoms with E-state index in [1.54, 1.807) is 0 Å². The van der Waals surface area contributed by atoms with Crippen molar-refractivity contribution in [2.45, 2.75) is 19.6 Å². The molecule has 0 bridgehead atoms. The summed E-state index contributed by atoms with van der Waals surface area (Å²) in [6.07, 6.45) is -0.867. The Morgan fingerprint density at radius 1 is 1.35 bits per heavy atom. The van der Waals surface area contributed by atoms with E-state index in [9.17, 15) is 9.90 Å². The van der Waals surface area contributed by atoms with E-state index in [0.29, 0.717) is 5.75 Å². The number of nitrogens with zero attached hydrogens (tertiary/aromatic N) is 2. The van der Waals surface area contributed by atoms with E-state index in [1.807, 2.05) is 48.7 Å². The van der Waals surface area contributed by atoms with E-state index in [-0.39, 0.29) is 19.0 Å². The summed E-state index contributed by atoms with van der Waals surface area (Å²) in [6.45, 7) is 2.01. The molecule has 0 saturated carbocycles. The summed E-state index contributed by atoms with van der Waals surface area (Å²) in [6, 6.07) is 11.2. The first-order chi connectivity index (χ1) is 11.1. The number of aliphatic hydroxyl groups excluding tert-OH is 1. The van der Waals surface area contributed by atoms with Crippen molar-refractivity contribution in [3.05, 3.63) is 57.9 Å². The Bertz CT molecular complexity index is 823. The summed E-state index contributed by atoms with van der Waals surface area (Å²) in [5.74, 6) is 0.374. The number of aliphatic hydroxyl groups is 1. The molecule has 0 aliphatic rings. The number of aryl methyl sites for hydroxylation is 1. The van der Waals surface area contributed by atoms with Crippen LogP contribution >= 0.6 is 11.3 Å². The molecule has 0 aliphatic heterocycles. The minimum Gasteiger partial charge on any atom is -0.491 e. The van der Waals surface area contributed by atoms with E-state index in [1.165, 1.54) is 11.3 Å². The molecule has 1 N–H and O–H groups in total. The molecule has 0 radical (unpaired) electrons. The first-order valence-electron chi connectivity index (χ1n) is 7.12. The van der Waals surface area contributed by atoms with Crippen LogP contribution in [0.4, 0.5) is 0 Å². The van der Waals surface area contributed by atoms with Gasteiger partial charge in [0, 0.05) is 0 Å². The van der Waals surface area contributed by atoms with Gasteiger partial charge in [0.05, 0.1) is 11.4 Å². The standard InChI is InChI=1S/C16H16N2O4S/c1-11-5-2-3-6-13(11)21-10-12(19)9-18-16(20)22-15(17-18)14-7-4-8-23-14/h2-8,12,19H,9-10H2,1H3. The molecule has 120 valence electrons. The lowest BCUT2D eigenvalue weighted by Crippen LogP contribution is -2.29. The van der Waals surface area contributed by atoms with E-state index in [4.69, 9.17) is 9.15 Å². The molecule has 0 aliphatic carbocycles. The zero-order valence-corrected chi connectivity index (χ0v) is 13.3. The van der Waals surface area contributed by atoms with E-state index in [0.717, 1.165) is 15.1 Å². The van der Waals surface area contributed by atoms with Gasteiger partial charge >= 0.3 is 5.76 Å². The van der Waals surface area contributed by atoms with Crippen LogP contribution in [0.3, 0.4) is 0 Å². The predicted octanol–water partition coefficient (Wildman–Crippen LogP) is 2.31. The Labute approximate surface area is 136 Å². The number of hydrogen-bond acceptors (Lipinski definition) is 6. The molecular formula is C16H16N2O4S. The lowest BCUT2D eigenvalue weighted by Gasteiger charge is -2.13. The maximum absolute atomic E-state index is 11.8. The second-order valence-electron chi connectivity index (χ2n) is 5.06. The van der Waals surface area contributed by atoms with Gasteiger partial charge in [0.1, 0.15) is 18.5 Å². The third kappa shape index (κ3) is 3.69. The highest BCUT2D eigenvalue weighted by Crippen LogP contribution is 2.21. The fourth-order valence-electron chi connectivity index (χ4n) is 2.08. The molecule has 0 amide bonds. The third-order valence-electron chi connectivity index (χ3n) is 3.25. The maximum atomic E-state index is 11.8. The van der Waals surface area contributed by atoms with Gasteiger partial charge in [-0.3, -0.25) is 0 Å². The SMILES string of the molecule is Cc1ccccc1OCC(O)Cn1nc(-c2cccs2)oc1=O. The third-order valence-corrected chi connectivity index (χ3v) is 4.10. The van der Waals surface area contributed by atoms with E-state index in [2.05, 4.69) is 5.10 Å². The van der Waals surface area contributed by atoms with Gasteiger partial charge in [0.2, 0.25) is 0 Å². The topological polar surface area (TPSA) is 77.5 Å². The molecule has 23 heavy (non-hydrogen) atoms. The average molecular weight is 332 g/mol. The van der Waals surface area contributed by atoms with Crippen molar-refractivity contribution in [2.75, 3.05) is 6.61 Å². The first kappa shape index (κ1) is 15.5. The van der Waals surface area contributed by atoms with Crippen molar-refractivity contribution in [3.63, 3.8) is 0 Å². The minimum atomic E-state index is -0.867. The van der Waals surface area contributed by atoms with Crippen LogP contribution in [-0.2, 0) is 6.54 Å². The highest BCUT2D eigenvalue weighted by Gasteiger charge is 2.15. The number of ether oxygens (including phenoxy) is 1. The fourth-order valence-corrected chi connectivity index (χ4v) is 2.72. The van der Waals surface area contributed by atoms with Crippen molar-refractivity contribution < 1.29 is 14.3 Å². The van der Waals surface area contributed by atoms with Crippen LogP contribution in [0.5, 0.6) is 5.75 Å². The minimum absolute atomic E-state index is 0.0135. The molecule has 3 rings (SSSR count). The summed E-state index contributed by atoms with van der Waals surface area (Å²) in [5.41, 5.74) is 0.985. The van der Waals surface area contributed by atoms with Gasteiger partial charge in [0.25, 0.3) is 5.89 Å². The number of para-hydroxylation sites is 1. The highest BCUT2D eigenvalue weighted by atomic mass is 32.1. The Hall–Kier alpha value is -2.38. The summed E-state index contributed by atoms with van der Waals surface area (Å²) < 4.78 is 11.8. The molecule has 7 heteroatoms. The largest absolute Gasteiger partial charge is 0.491 e. The number of aromatic nitrogens is 2. The Balaban J connectivity index is 1.63. The van der Waals surface area contributed by atoms with Crippen LogP contribution in [-0.4, -0.2) is 27.6 Å². The molecule has 0 fully saturated rings. The quantitative estimate of drug-likeness (QED) is 0.749. The van der Waals surface area contributed by atoms with Crippen molar-refractivity contribution in [2.24, 2.45) is 0 Å². The lowest BCUT2D eigenvalue weighted by molar-refractivity contribution is 0.0872. The summed E-state index contributed by atoms with van der Waals surface area (Å²) in [4.78, 5) is 12.6. The molecule has 0 saturated heterocycles. The van der Waals surface area contributed by atoms with Crippen molar-refractivity contribution >= 4 is 11.3 Å². The average Bonchev–Trinajstić information content (AvgIpc) is 3.17.